The van der Waals surface area contributed by atoms with Gasteiger partial charge >= 0.3 is 5.69 Å². The number of imidazole rings is 1. The summed E-state index contributed by atoms with van der Waals surface area (Å²) < 4.78 is 15.4. The maximum absolute atomic E-state index is 13.2. The number of piperazine rings is 1. The highest BCUT2D eigenvalue weighted by atomic mass is 32.1. The van der Waals surface area contributed by atoms with E-state index in [1.165, 1.54) is 21.5 Å². The Morgan fingerprint density at radius 1 is 1.03 bits per heavy atom. The van der Waals surface area contributed by atoms with E-state index in [1.807, 2.05) is 17.5 Å². The van der Waals surface area contributed by atoms with Crippen molar-refractivity contribution in [3.05, 3.63) is 46.3 Å². The molecule has 0 atom stereocenters. The average Bonchev–Trinajstić information content (AvgIpc) is 3.69. The number of aryl methyl sites for hydroxylation is 1. The maximum atomic E-state index is 13.2. The molecule has 1 fully saturated rings. The minimum absolute atomic E-state index is 0.157. The topological polar surface area (TPSA) is 134 Å². The highest BCUT2D eigenvalue weighted by Crippen LogP contribution is 2.24. The number of anilines is 2. The molecule has 0 aliphatic carbocycles. The number of benzene rings is 1. The van der Waals surface area contributed by atoms with Crippen LogP contribution in [0.1, 0.15) is 0 Å². The Hall–Kier alpha value is -4.01. The number of methoxy groups -OCH3 is 1. The number of fused-ring (bicyclic) bond motifs is 3. The normalized spacial score (nSPS) is 14.6. The van der Waals surface area contributed by atoms with E-state index in [-0.39, 0.29) is 11.6 Å². The van der Waals surface area contributed by atoms with Gasteiger partial charge in [0.1, 0.15) is 17.9 Å². The molecule has 13 nitrogen and oxygen atoms in total. The summed E-state index contributed by atoms with van der Waals surface area (Å²) in [7, 11) is 3.39. The van der Waals surface area contributed by atoms with E-state index >= 15 is 0 Å². The third kappa shape index (κ3) is 4.82. The van der Waals surface area contributed by atoms with Gasteiger partial charge in [0.25, 0.3) is 0 Å². The minimum Gasteiger partial charge on any atom is -0.491 e. The van der Waals surface area contributed by atoms with Crippen molar-refractivity contribution in [2.75, 3.05) is 63.7 Å². The largest absolute Gasteiger partial charge is 0.491 e. The molecule has 1 saturated heterocycles. The van der Waals surface area contributed by atoms with Crippen LogP contribution in [0.15, 0.2) is 40.6 Å². The number of nitrogens with two attached hydrogens (primary N) is 1. The zero-order valence-corrected chi connectivity index (χ0v) is 22.7. The molecule has 1 aromatic carbocycles. The van der Waals surface area contributed by atoms with Crippen LogP contribution in [-0.2, 0) is 18.3 Å². The molecule has 0 amide bonds. The molecule has 14 heteroatoms. The Morgan fingerprint density at radius 3 is 2.54 bits per heavy atom. The fourth-order valence-corrected chi connectivity index (χ4v) is 5.45. The lowest BCUT2D eigenvalue weighted by atomic mass is 10.2. The van der Waals surface area contributed by atoms with Crippen LogP contribution in [0.25, 0.3) is 27.6 Å². The second-order valence-electron chi connectivity index (χ2n) is 9.31. The van der Waals surface area contributed by atoms with Crippen molar-refractivity contribution in [1.82, 2.24) is 38.6 Å². The Balaban J connectivity index is 1.14. The van der Waals surface area contributed by atoms with Gasteiger partial charge in [-0.3, -0.25) is 14.0 Å². The summed E-state index contributed by atoms with van der Waals surface area (Å²) in [5.41, 5.74) is 8.86. The Kier molecular flexibility index (Phi) is 6.89. The lowest BCUT2D eigenvalue weighted by Crippen LogP contribution is -2.47. The molecule has 5 aromatic rings. The van der Waals surface area contributed by atoms with Gasteiger partial charge in [-0.2, -0.15) is 9.50 Å². The van der Waals surface area contributed by atoms with Gasteiger partial charge in [-0.15, -0.1) is 16.4 Å². The fraction of sp³-hybridized carbons (Fsp3) is 0.400. The lowest BCUT2D eigenvalue weighted by molar-refractivity contribution is 0.146. The van der Waals surface area contributed by atoms with Crippen molar-refractivity contribution in [2.24, 2.45) is 7.05 Å². The van der Waals surface area contributed by atoms with Crippen LogP contribution in [0.3, 0.4) is 0 Å². The maximum Gasteiger partial charge on any atom is 0.330 e. The van der Waals surface area contributed by atoms with E-state index in [1.54, 1.807) is 29.5 Å². The van der Waals surface area contributed by atoms with Gasteiger partial charge in [0.05, 0.1) is 6.61 Å². The van der Waals surface area contributed by atoms with E-state index in [0.29, 0.717) is 47.4 Å². The van der Waals surface area contributed by atoms with Crippen LogP contribution in [0.5, 0.6) is 5.75 Å². The number of nitrogens with zero attached hydrogens (tertiary/aromatic N) is 9. The van der Waals surface area contributed by atoms with Gasteiger partial charge < -0.3 is 20.1 Å². The predicted molar refractivity (Wildman–Crippen MR) is 150 cm³/mol. The smallest absolute Gasteiger partial charge is 0.330 e. The first-order valence-corrected chi connectivity index (χ1v) is 13.6. The molecule has 0 unspecified atom stereocenters. The standard InChI is InChI=1S/C25H30N10O3S/c1-31-19-21(29-24(26)35-22(19)28-20(30-35)23-27-7-16-39-23)34(25(31)36)13-10-32-8-11-33(12-9-32)17-3-5-18(6-4-17)38-15-14-37-2/h3-7,16H,8-15H2,1-2H3,(H2,26,29). The van der Waals surface area contributed by atoms with E-state index in [2.05, 4.69) is 42.0 Å². The summed E-state index contributed by atoms with van der Waals surface area (Å²) in [6.07, 6.45) is 1.70. The van der Waals surface area contributed by atoms with E-state index in [4.69, 9.17) is 15.2 Å². The summed E-state index contributed by atoms with van der Waals surface area (Å²) in [5.74, 6) is 1.47. The number of aromatic nitrogens is 7. The first kappa shape index (κ1) is 25.3. The number of hydrogen-bond donors (Lipinski definition) is 1. The SMILES string of the molecule is COCCOc1ccc(N2CCN(CCn3c(=O)n(C)c4c3nc(N)n3nc(-c5nccs5)nc43)CC2)cc1. The van der Waals surface area contributed by atoms with Crippen molar-refractivity contribution >= 4 is 39.8 Å². The van der Waals surface area contributed by atoms with Gasteiger partial charge in [-0.1, -0.05) is 0 Å². The third-order valence-corrected chi connectivity index (χ3v) is 7.74. The number of rotatable bonds is 9. The Bertz CT molecular complexity index is 1630. The second-order valence-corrected chi connectivity index (χ2v) is 10.2. The first-order valence-electron chi connectivity index (χ1n) is 12.7. The Labute approximate surface area is 228 Å². The van der Waals surface area contributed by atoms with Crippen LogP contribution in [0.4, 0.5) is 11.6 Å². The van der Waals surface area contributed by atoms with Gasteiger partial charge in [0.2, 0.25) is 11.8 Å². The molecular formula is C25H30N10O3S. The van der Waals surface area contributed by atoms with Crippen LogP contribution in [0, 0.1) is 0 Å². The minimum atomic E-state index is -0.157. The summed E-state index contributed by atoms with van der Waals surface area (Å²) >= 11 is 1.44. The second kappa shape index (κ2) is 10.6. The highest BCUT2D eigenvalue weighted by Gasteiger charge is 2.23. The number of hydrogen-bond acceptors (Lipinski definition) is 11. The molecule has 0 bridgehead atoms. The summed E-state index contributed by atoms with van der Waals surface area (Å²) in [6, 6.07) is 8.17. The molecule has 2 N–H and O–H groups in total. The summed E-state index contributed by atoms with van der Waals surface area (Å²) in [4.78, 5) is 31.4. The van der Waals surface area contributed by atoms with Crippen molar-refractivity contribution in [2.45, 2.75) is 6.54 Å². The number of ether oxygens (including phenoxy) is 2. The highest BCUT2D eigenvalue weighted by molar-refractivity contribution is 7.13. The summed E-state index contributed by atoms with van der Waals surface area (Å²) in [5, 5.41) is 7.02. The molecule has 204 valence electrons. The summed E-state index contributed by atoms with van der Waals surface area (Å²) in [6.45, 7) is 5.92. The van der Waals surface area contributed by atoms with Gasteiger partial charge in [0, 0.05) is 70.7 Å². The van der Waals surface area contributed by atoms with Gasteiger partial charge in [-0.05, 0) is 24.3 Å². The Morgan fingerprint density at radius 2 is 1.82 bits per heavy atom. The quantitative estimate of drug-likeness (QED) is 0.268. The van der Waals surface area contributed by atoms with Gasteiger partial charge in [-0.25, -0.2) is 14.8 Å². The van der Waals surface area contributed by atoms with Crippen LogP contribution in [-0.4, -0.2) is 91.6 Å². The molecule has 39 heavy (non-hydrogen) atoms. The first-order chi connectivity index (χ1) is 19.0. The van der Waals surface area contributed by atoms with Crippen molar-refractivity contribution in [3.8, 4) is 16.6 Å². The zero-order valence-electron chi connectivity index (χ0n) is 21.9. The van der Waals surface area contributed by atoms with E-state index in [9.17, 15) is 4.79 Å². The number of thiazole rings is 1. The molecular weight excluding hydrogens is 520 g/mol. The average molecular weight is 551 g/mol. The van der Waals surface area contributed by atoms with Crippen LogP contribution >= 0.6 is 11.3 Å². The molecule has 1 aliphatic rings. The fourth-order valence-electron chi connectivity index (χ4n) is 4.88. The molecule has 0 spiro atoms. The third-order valence-electron chi connectivity index (χ3n) is 6.97. The lowest BCUT2D eigenvalue weighted by Gasteiger charge is -2.36. The van der Waals surface area contributed by atoms with Crippen molar-refractivity contribution < 1.29 is 9.47 Å². The molecule has 4 aromatic heterocycles. The van der Waals surface area contributed by atoms with E-state index in [0.717, 1.165) is 38.5 Å². The molecule has 5 heterocycles. The van der Waals surface area contributed by atoms with Crippen molar-refractivity contribution in [1.29, 1.82) is 0 Å². The molecule has 0 radical (unpaired) electrons. The monoisotopic (exact) mass is 550 g/mol. The van der Waals surface area contributed by atoms with Gasteiger partial charge in [0.15, 0.2) is 16.3 Å². The van der Waals surface area contributed by atoms with Crippen LogP contribution < -0.4 is 21.1 Å². The van der Waals surface area contributed by atoms with Crippen molar-refractivity contribution in [3.63, 3.8) is 0 Å². The molecule has 0 saturated carbocycles. The molecule has 6 rings (SSSR count). The zero-order chi connectivity index (χ0) is 26.9. The van der Waals surface area contributed by atoms with E-state index < -0.39 is 0 Å². The predicted octanol–water partition coefficient (Wildman–Crippen LogP) is 1.33. The number of nitrogen functional groups attached to an aromatic ring is 1. The molecule has 1 aliphatic heterocycles. The van der Waals surface area contributed by atoms with Crippen LogP contribution in [0.2, 0.25) is 0 Å².